The monoisotopic (exact) mass is 423 g/mol. The first-order valence-electron chi connectivity index (χ1n) is 10.7. The van der Waals surface area contributed by atoms with Crippen molar-refractivity contribution < 1.29 is 14.4 Å². The highest BCUT2D eigenvalue weighted by atomic mass is 16.2. The molecule has 0 radical (unpaired) electrons. The van der Waals surface area contributed by atoms with Crippen molar-refractivity contribution in [3.8, 4) is 0 Å². The van der Waals surface area contributed by atoms with Crippen LogP contribution in [0.5, 0.6) is 0 Å². The molecule has 2 aliphatic heterocycles. The van der Waals surface area contributed by atoms with Crippen LogP contribution in [-0.4, -0.2) is 75.5 Å². The smallest absolute Gasteiger partial charge is 0.291 e. The Morgan fingerprint density at radius 1 is 1.03 bits per heavy atom. The Hall–Kier alpha value is -3.16. The van der Waals surface area contributed by atoms with Gasteiger partial charge in [0.05, 0.1) is 12.3 Å². The fourth-order valence-corrected chi connectivity index (χ4v) is 4.06. The van der Waals surface area contributed by atoms with Crippen LogP contribution in [0.3, 0.4) is 0 Å². The Kier molecular flexibility index (Phi) is 5.33. The second-order valence-corrected chi connectivity index (χ2v) is 9.22. The summed E-state index contributed by atoms with van der Waals surface area (Å²) in [6.07, 6.45) is 0. The molecular weight excluding hydrogens is 394 g/mol. The predicted molar refractivity (Wildman–Crippen MR) is 119 cm³/mol. The SMILES string of the molecule is CC(=O)N1CCN(C(=O)CN2N=C(C(C)(C)C)Cn3c(cc4ccccc43)C2=O)CC1. The van der Waals surface area contributed by atoms with Crippen molar-refractivity contribution in [2.75, 3.05) is 32.7 Å². The van der Waals surface area contributed by atoms with E-state index in [1.54, 1.807) is 9.80 Å². The normalized spacial score (nSPS) is 17.5. The van der Waals surface area contributed by atoms with Crippen LogP contribution in [0.4, 0.5) is 0 Å². The summed E-state index contributed by atoms with van der Waals surface area (Å²) < 4.78 is 2.00. The summed E-state index contributed by atoms with van der Waals surface area (Å²) in [4.78, 5) is 41.4. The van der Waals surface area contributed by atoms with Crippen LogP contribution in [0, 0.1) is 5.41 Å². The maximum absolute atomic E-state index is 13.4. The molecule has 8 heteroatoms. The third kappa shape index (κ3) is 4.06. The molecule has 0 atom stereocenters. The van der Waals surface area contributed by atoms with Gasteiger partial charge >= 0.3 is 0 Å². The molecule has 0 bridgehead atoms. The maximum atomic E-state index is 13.4. The van der Waals surface area contributed by atoms with Crippen LogP contribution in [0.2, 0.25) is 0 Å². The van der Waals surface area contributed by atoms with E-state index >= 15 is 0 Å². The van der Waals surface area contributed by atoms with Crippen LogP contribution in [0.15, 0.2) is 35.4 Å². The number of hydrogen-bond acceptors (Lipinski definition) is 4. The Morgan fingerprint density at radius 2 is 1.68 bits per heavy atom. The number of hydrazone groups is 1. The highest BCUT2D eigenvalue weighted by molar-refractivity contribution is 6.03. The lowest BCUT2D eigenvalue weighted by Gasteiger charge is -2.34. The molecule has 31 heavy (non-hydrogen) atoms. The van der Waals surface area contributed by atoms with E-state index in [0.717, 1.165) is 16.6 Å². The van der Waals surface area contributed by atoms with E-state index in [-0.39, 0.29) is 29.7 Å². The molecule has 3 heterocycles. The van der Waals surface area contributed by atoms with E-state index in [4.69, 9.17) is 0 Å². The second-order valence-electron chi connectivity index (χ2n) is 9.22. The number of hydrogen-bond donors (Lipinski definition) is 0. The number of fused-ring (bicyclic) bond motifs is 3. The average Bonchev–Trinajstić information content (AvgIpc) is 3.03. The molecule has 0 N–H and O–H groups in total. The van der Waals surface area contributed by atoms with Gasteiger partial charge in [0.2, 0.25) is 11.8 Å². The summed E-state index contributed by atoms with van der Waals surface area (Å²) in [7, 11) is 0. The van der Waals surface area contributed by atoms with Crippen molar-refractivity contribution in [2.45, 2.75) is 34.2 Å². The van der Waals surface area contributed by atoms with Crippen LogP contribution in [-0.2, 0) is 16.1 Å². The minimum absolute atomic E-state index is 0.0158. The molecule has 3 amide bonds. The zero-order valence-electron chi connectivity index (χ0n) is 18.6. The number of para-hydroxylation sites is 1. The van der Waals surface area contributed by atoms with Crippen LogP contribution in [0.1, 0.15) is 38.2 Å². The zero-order valence-corrected chi connectivity index (χ0v) is 18.6. The number of amides is 3. The molecule has 0 spiro atoms. The first kappa shape index (κ1) is 21.1. The van der Waals surface area contributed by atoms with Gasteiger partial charge in [-0.05, 0) is 12.1 Å². The summed E-state index contributed by atoms with van der Waals surface area (Å²) in [5.41, 5.74) is 2.10. The van der Waals surface area contributed by atoms with Gasteiger partial charge in [0.1, 0.15) is 12.2 Å². The Balaban J connectivity index is 1.62. The number of rotatable bonds is 2. The molecule has 0 aliphatic carbocycles. The number of nitrogens with zero attached hydrogens (tertiary/aromatic N) is 5. The van der Waals surface area contributed by atoms with Gasteiger partial charge in [0.25, 0.3) is 5.91 Å². The lowest BCUT2D eigenvalue weighted by atomic mass is 9.90. The van der Waals surface area contributed by atoms with E-state index in [0.29, 0.717) is 38.4 Å². The Bertz CT molecular complexity index is 1070. The summed E-state index contributed by atoms with van der Waals surface area (Å²) >= 11 is 0. The van der Waals surface area contributed by atoms with E-state index in [1.165, 1.54) is 11.9 Å². The lowest BCUT2D eigenvalue weighted by Crippen LogP contribution is -2.52. The molecule has 0 saturated carbocycles. The van der Waals surface area contributed by atoms with Gasteiger partial charge in [-0.2, -0.15) is 5.10 Å². The molecule has 1 aromatic carbocycles. The van der Waals surface area contributed by atoms with Crippen molar-refractivity contribution in [1.29, 1.82) is 0 Å². The standard InChI is InChI=1S/C23H29N5O3/c1-16(29)25-9-11-26(12-10-25)21(30)15-28-22(31)19-13-17-7-5-6-8-18(17)27(19)14-20(24-28)23(2,3)4/h5-8,13H,9-12,14-15H2,1-4H3. The van der Waals surface area contributed by atoms with Crippen LogP contribution < -0.4 is 0 Å². The van der Waals surface area contributed by atoms with E-state index in [1.807, 2.05) is 34.9 Å². The van der Waals surface area contributed by atoms with Crippen molar-refractivity contribution in [3.63, 3.8) is 0 Å². The van der Waals surface area contributed by atoms with Gasteiger partial charge in [-0.25, -0.2) is 5.01 Å². The average molecular weight is 424 g/mol. The summed E-state index contributed by atoms with van der Waals surface area (Å²) in [6.45, 7) is 10.1. The van der Waals surface area contributed by atoms with Crippen molar-refractivity contribution >= 4 is 34.3 Å². The van der Waals surface area contributed by atoms with Crippen molar-refractivity contribution in [3.05, 3.63) is 36.0 Å². The number of carbonyl (C=O) groups excluding carboxylic acids is 3. The van der Waals surface area contributed by atoms with Gasteiger partial charge in [-0.1, -0.05) is 39.0 Å². The predicted octanol–water partition coefficient (Wildman–Crippen LogP) is 2.19. The largest absolute Gasteiger partial charge is 0.339 e. The number of benzene rings is 1. The second kappa shape index (κ2) is 7.83. The van der Waals surface area contributed by atoms with Gasteiger partial charge in [-0.15, -0.1) is 0 Å². The van der Waals surface area contributed by atoms with E-state index in [9.17, 15) is 14.4 Å². The molecule has 1 fully saturated rings. The fourth-order valence-electron chi connectivity index (χ4n) is 4.06. The minimum atomic E-state index is -0.272. The van der Waals surface area contributed by atoms with E-state index < -0.39 is 0 Å². The van der Waals surface area contributed by atoms with Crippen molar-refractivity contribution in [1.82, 2.24) is 19.4 Å². The molecule has 2 aliphatic rings. The fraction of sp³-hybridized carbons (Fsp3) is 0.478. The first-order valence-corrected chi connectivity index (χ1v) is 10.7. The molecule has 1 aromatic heterocycles. The van der Waals surface area contributed by atoms with Gasteiger partial charge in [0, 0.05) is 49.4 Å². The zero-order chi connectivity index (χ0) is 22.3. The minimum Gasteiger partial charge on any atom is -0.339 e. The van der Waals surface area contributed by atoms with Gasteiger partial charge in [0.15, 0.2) is 0 Å². The topological polar surface area (TPSA) is 78.2 Å². The molecule has 4 rings (SSSR count). The molecule has 0 unspecified atom stereocenters. The van der Waals surface area contributed by atoms with E-state index in [2.05, 4.69) is 25.9 Å². The molecule has 8 nitrogen and oxygen atoms in total. The molecular formula is C23H29N5O3. The summed E-state index contributed by atoms with van der Waals surface area (Å²) in [5, 5.41) is 6.98. The Labute approximate surface area is 182 Å². The van der Waals surface area contributed by atoms with Gasteiger partial charge in [-0.3, -0.25) is 14.4 Å². The van der Waals surface area contributed by atoms with Gasteiger partial charge < -0.3 is 14.4 Å². The summed E-state index contributed by atoms with van der Waals surface area (Å²) in [6, 6.07) is 9.78. The third-order valence-corrected chi connectivity index (χ3v) is 6.04. The molecule has 1 saturated heterocycles. The number of aromatic nitrogens is 1. The Morgan fingerprint density at radius 3 is 2.32 bits per heavy atom. The van der Waals surface area contributed by atoms with Crippen LogP contribution >= 0.6 is 0 Å². The highest BCUT2D eigenvalue weighted by Gasteiger charge is 2.32. The number of piperazine rings is 1. The number of carbonyl (C=O) groups is 3. The quantitative estimate of drug-likeness (QED) is 0.743. The van der Waals surface area contributed by atoms with Crippen LogP contribution in [0.25, 0.3) is 10.9 Å². The third-order valence-electron chi connectivity index (χ3n) is 6.04. The lowest BCUT2D eigenvalue weighted by molar-refractivity contribution is -0.138. The summed E-state index contributed by atoms with van der Waals surface area (Å²) in [5.74, 6) is -0.411. The first-order chi connectivity index (χ1) is 14.6. The molecule has 2 aromatic rings. The van der Waals surface area contributed by atoms with Crippen molar-refractivity contribution in [2.24, 2.45) is 10.5 Å². The molecule has 164 valence electrons. The highest BCUT2D eigenvalue weighted by Crippen LogP contribution is 2.27. The maximum Gasteiger partial charge on any atom is 0.291 e.